The maximum atomic E-state index is 13.3. The molecule has 0 fully saturated rings. The molecule has 2 heterocycles. The van der Waals surface area contributed by atoms with Gasteiger partial charge < -0.3 is 28.3 Å². The molecule has 1 aliphatic rings. The number of carbonyl (C=O) groups is 1. The number of methoxy groups -OCH3 is 3. The molecule has 0 N–H and O–H groups in total. The molecular weight excluding hydrogens is 478 g/mol. The van der Waals surface area contributed by atoms with Crippen molar-refractivity contribution in [1.82, 2.24) is 4.90 Å². The van der Waals surface area contributed by atoms with E-state index in [1.807, 2.05) is 36.4 Å². The zero-order chi connectivity index (χ0) is 22.7. The molecule has 0 radical (unpaired) electrons. The highest BCUT2D eigenvalue weighted by molar-refractivity contribution is 9.10. The van der Waals surface area contributed by atoms with Gasteiger partial charge in [-0.15, -0.1) is 0 Å². The van der Waals surface area contributed by atoms with E-state index in [1.165, 1.54) is 0 Å². The Kier molecular flexibility index (Phi) is 6.60. The van der Waals surface area contributed by atoms with Gasteiger partial charge in [-0.2, -0.15) is 0 Å². The number of fused-ring (bicyclic) bond motifs is 1. The van der Waals surface area contributed by atoms with Crippen molar-refractivity contribution >= 4 is 21.8 Å². The van der Waals surface area contributed by atoms with Crippen molar-refractivity contribution in [2.45, 2.75) is 12.5 Å². The highest BCUT2D eigenvalue weighted by atomic mass is 79.9. The first-order valence-corrected chi connectivity index (χ1v) is 10.9. The van der Waals surface area contributed by atoms with E-state index in [0.717, 1.165) is 11.1 Å². The van der Waals surface area contributed by atoms with E-state index in [2.05, 4.69) is 15.9 Å². The Bertz CT molecular complexity index is 1110. The highest BCUT2D eigenvalue weighted by Gasteiger charge is 2.34. The lowest BCUT2D eigenvalue weighted by molar-refractivity contribution is 0.0554. The molecule has 0 aliphatic carbocycles. The van der Waals surface area contributed by atoms with Crippen molar-refractivity contribution in [2.75, 3.05) is 34.5 Å². The van der Waals surface area contributed by atoms with Gasteiger partial charge in [-0.1, -0.05) is 12.1 Å². The molecule has 1 atom stereocenters. The topological polar surface area (TPSA) is 70.4 Å². The van der Waals surface area contributed by atoms with Crippen molar-refractivity contribution in [3.63, 3.8) is 0 Å². The number of nitrogens with zero attached hydrogens (tertiary/aromatic N) is 1. The van der Waals surface area contributed by atoms with Crippen LogP contribution in [0.15, 0.2) is 57.6 Å². The standard InChI is InChI=1S/C24H24BrNO6/c1-28-18-6-4-5-7-19(18)31-14-17-16-13-22(30-3)21(29-2)12-15(16)10-11-26(17)24(27)20-8-9-23(25)32-20/h4-9,12-13,17H,10-11,14H2,1-3H3/t17-/m0/s1. The molecular formula is C24H24BrNO6. The summed E-state index contributed by atoms with van der Waals surface area (Å²) in [6.45, 7) is 0.746. The lowest BCUT2D eigenvalue weighted by Gasteiger charge is -2.37. The van der Waals surface area contributed by atoms with Gasteiger partial charge in [0.25, 0.3) is 5.91 Å². The number of halogens is 1. The van der Waals surface area contributed by atoms with Gasteiger partial charge in [0.2, 0.25) is 0 Å². The van der Waals surface area contributed by atoms with E-state index in [0.29, 0.717) is 40.6 Å². The van der Waals surface area contributed by atoms with E-state index in [1.54, 1.807) is 38.4 Å². The number of hydrogen-bond donors (Lipinski definition) is 0. The van der Waals surface area contributed by atoms with Crippen LogP contribution < -0.4 is 18.9 Å². The van der Waals surface area contributed by atoms with Gasteiger partial charge >= 0.3 is 0 Å². The first-order valence-electron chi connectivity index (χ1n) is 10.1. The largest absolute Gasteiger partial charge is 0.493 e. The Hall–Kier alpha value is -3.13. The van der Waals surface area contributed by atoms with Crippen LogP contribution in [0, 0.1) is 0 Å². The number of furan rings is 1. The summed E-state index contributed by atoms with van der Waals surface area (Å²) in [5.74, 6) is 2.56. The molecule has 0 saturated heterocycles. The lowest BCUT2D eigenvalue weighted by Crippen LogP contribution is -2.42. The number of carbonyl (C=O) groups excluding carboxylic acids is 1. The minimum atomic E-state index is -0.361. The molecule has 7 nitrogen and oxygen atoms in total. The zero-order valence-electron chi connectivity index (χ0n) is 18.1. The second kappa shape index (κ2) is 9.56. The van der Waals surface area contributed by atoms with E-state index in [4.69, 9.17) is 23.4 Å². The number of para-hydroxylation sites is 2. The third kappa shape index (κ3) is 4.27. The molecule has 32 heavy (non-hydrogen) atoms. The molecule has 1 aromatic heterocycles. The van der Waals surface area contributed by atoms with Crippen LogP contribution in [0.25, 0.3) is 0 Å². The number of ether oxygens (including phenoxy) is 4. The monoisotopic (exact) mass is 501 g/mol. The van der Waals surface area contributed by atoms with Crippen LogP contribution in [0.2, 0.25) is 0 Å². The summed E-state index contributed by atoms with van der Waals surface area (Å²) in [4.78, 5) is 15.1. The van der Waals surface area contributed by atoms with E-state index < -0.39 is 0 Å². The average Bonchev–Trinajstić information content (AvgIpc) is 3.27. The molecule has 0 saturated carbocycles. The molecule has 168 valence electrons. The number of amides is 1. The molecule has 0 bridgehead atoms. The first-order chi connectivity index (χ1) is 15.5. The van der Waals surface area contributed by atoms with Crippen LogP contribution >= 0.6 is 15.9 Å². The smallest absolute Gasteiger partial charge is 0.290 e. The summed E-state index contributed by atoms with van der Waals surface area (Å²) >= 11 is 3.27. The quantitative estimate of drug-likeness (QED) is 0.459. The van der Waals surface area contributed by atoms with Crippen LogP contribution in [0.1, 0.15) is 27.7 Å². The Balaban J connectivity index is 1.71. The summed E-state index contributed by atoms with van der Waals surface area (Å²) in [5, 5.41) is 0. The summed E-state index contributed by atoms with van der Waals surface area (Å²) in [5.41, 5.74) is 2.03. The maximum Gasteiger partial charge on any atom is 0.290 e. The molecule has 1 aliphatic heterocycles. The fraction of sp³-hybridized carbons (Fsp3) is 0.292. The highest BCUT2D eigenvalue weighted by Crippen LogP contribution is 2.39. The van der Waals surface area contributed by atoms with Crippen molar-refractivity contribution in [2.24, 2.45) is 0 Å². The van der Waals surface area contributed by atoms with Crippen LogP contribution in [0.4, 0.5) is 0 Å². The zero-order valence-corrected chi connectivity index (χ0v) is 19.7. The first kappa shape index (κ1) is 22.1. The molecule has 0 spiro atoms. The minimum absolute atomic E-state index is 0.204. The third-order valence-corrected chi connectivity index (χ3v) is 5.94. The normalized spacial score (nSPS) is 15.1. The van der Waals surface area contributed by atoms with Gasteiger partial charge in [0.1, 0.15) is 6.61 Å². The number of benzene rings is 2. The second-order valence-corrected chi connectivity index (χ2v) is 8.02. The molecule has 2 aromatic carbocycles. The molecule has 0 unspecified atom stereocenters. The van der Waals surface area contributed by atoms with Gasteiger partial charge in [-0.3, -0.25) is 4.79 Å². The molecule has 1 amide bonds. The van der Waals surface area contributed by atoms with Crippen molar-refractivity contribution < 1.29 is 28.2 Å². The molecule has 4 rings (SSSR count). The van der Waals surface area contributed by atoms with Crippen LogP contribution in [-0.2, 0) is 6.42 Å². The summed E-state index contributed by atoms with van der Waals surface area (Å²) in [6, 6.07) is 14.3. The van der Waals surface area contributed by atoms with Gasteiger partial charge in [0.15, 0.2) is 33.4 Å². The summed E-state index contributed by atoms with van der Waals surface area (Å²) < 4.78 is 28.6. The predicted octanol–water partition coefficient (Wildman–Crippen LogP) is 4.89. The van der Waals surface area contributed by atoms with Crippen molar-refractivity contribution in [3.05, 3.63) is 70.1 Å². The fourth-order valence-corrected chi connectivity index (χ4v) is 4.24. The Morgan fingerprint density at radius 1 is 1.00 bits per heavy atom. The molecule has 8 heteroatoms. The van der Waals surface area contributed by atoms with Gasteiger partial charge in [-0.25, -0.2) is 0 Å². The Morgan fingerprint density at radius 3 is 2.34 bits per heavy atom. The SMILES string of the molecule is COc1cc2c(cc1OC)[C@H](COc1ccccc1OC)N(C(=O)c1ccc(Br)o1)CC2. The van der Waals surface area contributed by atoms with Gasteiger partial charge in [0, 0.05) is 6.54 Å². The minimum Gasteiger partial charge on any atom is -0.493 e. The maximum absolute atomic E-state index is 13.3. The van der Waals surface area contributed by atoms with Crippen LogP contribution in [0.5, 0.6) is 23.0 Å². The van der Waals surface area contributed by atoms with Crippen molar-refractivity contribution in [1.29, 1.82) is 0 Å². The molecule has 3 aromatic rings. The second-order valence-electron chi connectivity index (χ2n) is 7.24. The third-order valence-electron chi connectivity index (χ3n) is 5.51. The number of rotatable bonds is 7. The van der Waals surface area contributed by atoms with Crippen LogP contribution in [0.3, 0.4) is 0 Å². The summed E-state index contributed by atoms with van der Waals surface area (Å²) in [6.07, 6.45) is 0.675. The Morgan fingerprint density at radius 2 is 1.69 bits per heavy atom. The number of hydrogen-bond acceptors (Lipinski definition) is 6. The van der Waals surface area contributed by atoms with Crippen molar-refractivity contribution in [3.8, 4) is 23.0 Å². The lowest BCUT2D eigenvalue weighted by atomic mass is 9.92. The van der Waals surface area contributed by atoms with E-state index in [9.17, 15) is 4.79 Å². The Labute approximate surface area is 194 Å². The fourth-order valence-electron chi connectivity index (χ4n) is 3.93. The van der Waals surface area contributed by atoms with E-state index >= 15 is 0 Å². The van der Waals surface area contributed by atoms with Gasteiger partial charge in [0.05, 0.1) is 27.4 Å². The summed E-state index contributed by atoms with van der Waals surface area (Å²) in [7, 11) is 4.80. The predicted molar refractivity (Wildman–Crippen MR) is 122 cm³/mol. The average molecular weight is 502 g/mol. The van der Waals surface area contributed by atoms with Crippen LogP contribution in [-0.4, -0.2) is 45.3 Å². The van der Waals surface area contributed by atoms with E-state index in [-0.39, 0.29) is 24.3 Å². The van der Waals surface area contributed by atoms with Gasteiger partial charge in [-0.05, 0) is 69.9 Å².